The van der Waals surface area contributed by atoms with Gasteiger partial charge in [0.1, 0.15) is 6.04 Å². The number of benzene rings is 2. The molecular formula is C19H20ClN4O2+. The number of quaternary nitrogens is 1. The molecule has 2 aromatic carbocycles. The minimum absolute atomic E-state index is 0.161. The second kappa shape index (κ2) is 7.68. The van der Waals surface area contributed by atoms with Crippen molar-refractivity contribution in [3.8, 4) is 0 Å². The molecule has 134 valence electrons. The molecule has 1 aromatic heterocycles. The molecule has 3 rings (SSSR count). The first-order chi connectivity index (χ1) is 12.5. The standard InChI is InChI=1S/C19H19ClN4O2/c1-12(18-22-15-9-5-3-7-13(15)19(26)23-18)24(2)11-17(25)21-16-10-6-4-8-14(16)20/h3-10,12H,11H2,1-2H3,(H,21,25)(H,22,23,26)/p+1/t12-/m0/s1. The maximum atomic E-state index is 12.3. The molecule has 7 heteroatoms. The van der Waals surface area contributed by atoms with Crippen molar-refractivity contribution in [2.45, 2.75) is 13.0 Å². The van der Waals surface area contributed by atoms with Crippen molar-refractivity contribution in [1.29, 1.82) is 0 Å². The molecule has 0 fully saturated rings. The molecule has 2 atom stereocenters. The number of H-pyrrole nitrogens is 1. The number of fused-ring (bicyclic) bond motifs is 1. The Kier molecular flexibility index (Phi) is 5.35. The first-order valence-corrected chi connectivity index (χ1v) is 8.69. The summed E-state index contributed by atoms with van der Waals surface area (Å²) in [5.41, 5.74) is 1.05. The van der Waals surface area contributed by atoms with E-state index in [1.807, 2.05) is 26.1 Å². The summed E-state index contributed by atoms with van der Waals surface area (Å²) in [5, 5.41) is 3.85. The van der Waals surface area contributed by atoms with Crippen LogP contribution >= 0.6 is 11.6 Å². The van der Waals surface area contributed by atoms with Gasteiger partial charge in [0, 0.05) is 0 Å². The van der Waals surface area contributed by atoms with E-state index in [2.05, 4.69) is 15.3 Å². The molecule has 1 amide bonds. The number of para-hydroxylation sites is 2. The fraction of sp³-hybridized carbons (Fsp3) is 0.211. The number of aromatic amines is 1. The van der Waals surface area contributed by atoms with Gasteiger partial charge in [0.15, 0.2) is 12.4 Å². The first-order valence-electron chi connectivity index (χ1n) is 8.31. The van der Waals surface area contributed by atoms with Gasteiger partial charge in [0.2, 0.25) is 0 Å². The summed E-state index contributed by atoms with van der Waals surface area (Å²) in [7, 11) is 1.88. The molecule has 0 radical (unpaired) electrons. The second-order valence-electron chi connectivity index (χ2n) is 6.24. The summed E-state index contributed by atoms with van der Waals surface area (Å²) in [6.45, 7) is 2.13. The Bertz CT molecular complexity index is 1000. The molecule has 1 heterocycles. The van der Waals surface area contributed by atoms with E-state index in [0.717, 1.165) is 4.90 Å². The quantitative estimate of drug-likeness (QED) is 0.639. The summed E-state index contributed by atoms with van der Waals surface area (Å²) in [4.78, 5) is 32.8. The molecule has 0 aliphatic rings. The molecule has 3 aromatic rings. The fourth-order valence-electron chi connectivity index (χ4n) is 2.71. The molecule has 0 saturated carbocycles. The van der Waals surface area contributed by atoms with Crippen molar-refractivity contribution in [3.63, 3.8) is 0 Å². The van der Waals surface area contributed by atoms with Crippen LogP contribution < -0.4 is 15.8 Å². The number of amides is 1. The lowest BCUT2D eigenvalue weighted by Crippen LogP contribution is -3.10. The third kappa shape index (κ3) is 3.92. The normalized spacial score (nSPS) is 13.3. The van der Waals surface area contributed by atoms with E-state index >= 15 is 0 Å². The largest absolute Gasteiger partial charge is 0.321 e. The van der Waals surface area contributed by atoms with Crippen molar-refractivity contribution in [2.24, 2.45) is 0 Å². The van der Waals surface area contributed by atoms with Crippen LogP contribution in [0.4, 0.5) is 5.69 Å². The van der Waals surface area contributed by atoms with Crippen molar-refractivity contribution < 1.29 is 9.69 Å². The zero-order valence-electron chi connectivity index (χ0n) is 14.5. The molecule has 26 heavy (non-hydrogen) atoms. The predicted octanol–water partition coefficient (Wildman–Crippen LogP) is 1.79. The van der Waals surface area contributed by atoms with E-state index in [1.165, 1.54) is 0 Å². The summed E-state index contributed by atoms with van der Waals surface area (Å²) in [6, 6.07) is 14.1. The van der Waals surface area contributed by atoms with Gasteiger partial charge in [-0.3, -0.25) is 9.59 Å². The van der Waals surface area contributed by atoms with Gasteiger partial charge in [-0.15, -0.1) is 0 Å². The molecule has 0 saturated heterocycles. The number of nitrogens with zero attached hydrogens (tertiary/aromatic N) is 1. The lowest BCUT2D eigenvalue weighted by atomic mass is 10.2. The zero-order chi connectivity index (χ0) is 18.7. The highest BCUT2D eigenvalue weighted by Gasteiger charge is 2.21. The van der Waals surface area contributed by atoms with Gasteiger partial charge in [-0.05, 0) is 31.2 Å². The van der Waals surface area contributed by atoms with Crippen LogP contribution in [0.2, 0.25) is 5.02 Å². The lowest BCUT2D eigenvalue weighted by Gasteiger charge is -2.20. The summed E-state index contributed by atoms with van der Waals surface area (Å²) in [6.07, 6.45) is 0. The summed E-state index contributed by atoms with van der Waals surface area (Å²) < 4.78 is 0. The van der Waals surface area contributed by atoms with Gasteiger partial charge < -0.3 is 15.2 Å². The Morgan fingerprint density at radius 1 is 1.23 bits per heavy atom. The first kappa shape index (κ1) is 18.1. The van der Waals surface area contributed by atoms with E-state index in [4.69, 9.17) is 11.6 Å². The van der Waals surface area contributed by atoms with Gasteiger partial charge in [-0.1, -0.05) is 35.9 Å². The molecule has 6 nitrogen and oxygen atoms in total. The van der Waals surface area contributed by atoms with Crippen LogP contribution in [0.5, 0.6) is 0 Å². The molecule has 0 aliphatic carbocycles. The number of rotatable bonds is 5. The number of likely N-dealkylation sites (N-methyl/N-ethyl adjacent to an activating group) is 1. The number of anilines is 1. The minimum Gasteiger partial charge on any atom is -0.321 e. The van der Waals surface area contributed by atoms with Gasteiger partial charge in [0.25, 0.3) is 11.5 Å². The number of aromatic nitrogens is 2. The van der Waals surface area contributed by atoms with Crippen molar-refractivity contribution >= 4 is 34.1 Å². The molecule has 3 N–H and O–H groups in total. The zero-order valence-corrected chi connectivity index (χ0v) is 15.3. The van der Waals surface area contributed by atoms with Crippen LogP contribution in [-0.4, -0.2) is 29.5 Å². The third-order valence-electron chi connectivity index (χ3n) is 4.37. The van der Waals surface area contributed by atoms with E-state index in [-0.39, 0.29) is 24.1 Å². The predicted molar refractivity (Wildman–Crippen MR) is 103 cm³/mol. The molecular weight excluding hydrogens is 352 g/mol. The average molecular weight is 372 g/mol. The lowest BCUT2D eigenvalue weighted by molar-refractivity contribution is -0.902. The molecule has 1 unspecified atom stereocenters. The Morgan fingerprint density at radius 3 is 2.69 bits per heavy atom. The van der Waals surface area contributed by atoms with Crippen LogP contribution in [0.15, 0.2) is 53.3 Å². The maximum absolute atomic E-state index is 12.3. The highest BCUT2D eigenvalue weighted by molar-refractivity contribution is 6.33. The van der Waals surface area contributed by atoms with Crippen molar-refractivity contribution in [1.82, 2.24) is 9.97 Å². The summed E-state index contributed by atoms with van der Waals surface area (Å²) in [5.74, 6) is 0.391. The minimum atomic E-state index is -0.175. The monoisotopic (exact) mass is 371 g/mol. The summed E-state index contributed by atoms with van der Waals surface area (Å²) >= 11 is 6.06. The second-order valence-corrected chi connectivity index (χ2v) is 6.65. The number of hydrogen-bond donors (Lipinski definition) is 3. The van der Waals surface area contributed by atoms with Gasteiger partial charge in [-0.2, -0.15) is 0 Å². The third-order valence-corrected chi connectivity index (χ3v) is 4.70. The number of hydrogen-bond acceptors (Lipinski definition) is 3. The fourth-order valence-corrected chi connectivity index (χ4v) is 2.89. The molecule has 0 spiro atoms. The van der Waals surface area contributed by atoms with E-state index in [9.17, 15) is 9.59 Å². The Morgan fingerprint density at radius 2 is 1.92 bits per heavy atom. The van der Waals surface area contributed by atoms with Crippen molar-refractivity contribution in [2.75, 3.05) is 18.9 Å². The van der Waals surface area contributed by atoms with Crippen LogP contribution in [0.25, 0.3) is 10.9 Å². The SMILES string of the molecule is C[C@@H](c1nc2ccccc2c(=O)[nH]1)[NH+](C)CC(=O)Nc1ccccc1Cl. The average Bonchev–Trinajstić information content (AvgIpc) is 2.63. The van der Waals surface area contributed by atoms with E-state index in [1.54, 1.807) is 36.4 Å². The molecule has 0 bridgehead atoms. The number of carbonyl (C=O) groups excluding carboxylic acids is 1. The Labute approximate surface area is 155 Å². The highest BCUT2D eigenvalue weighted by atomic mass is 35.5. The Hall–Kier alpha value is -2.70. The Balaban J connectivity index is 1.73. The van der Waals surface area contributed by atoms with Crippen molar-refractivity contribution in [3.05, 3.63) is 69.7 Å². The molecule has 0 aliphatic heterocycles. The van der Waals surface area contributed by atoms with Gasteiger partial charge >= 0.3 is 0 Å². The number of nitrogens with one attached hydrogen (secondary N) is 3. The van der Waals surface area contributed by atoms with Crippen LogP contribution in [-0.2, 0) is 4.79 Å². The van der Waals surface area contributed by atoms with Crippen LogP contribution in [0.1, 0.15) is 18.8 Å². The number of halogens is 1. The van der Waals surface area contributed by atoms with E-state index < -0.39 is 0 Å². The van der Waals surface area contributed by atoms with Crippen LogP contribution in [0.3, 0.4) is 0 Å². The maximum Gasteiger partial charge on any atom is 0.279 e. The van der Waals surface area contributed by atoms with Gasteiger partial charge in [0.05, 0.1) is 28.7 Å². The smallest absolute Gasteiger partial charge is 0.279 e. The topological polar surface area (TPSA) is 79.3 Å². The van der Waals surface area contributed by atoms with E-state index in [0.29, 0.717) is 27.4 Å². The highest BCUT2D eigenvalue weighted by Crippen LogP contribution is 2.20. The van der Waals surface area contributed by atoms with Crippen LogP contribution in [0, 0.1) is 0 Å². The number of carbonyl (C=O) groups is 1. The van der Waals surface area contributed by atoms with Gasteiger partial charge in [-0.25, -0.2) is 4.98 Å².